The van der Waals surface area contributed by atoms with E-state index < -0.39 is 0 Å². The number of aromatic nitrogens is 3. The van der Waals surface area contributed by atoms with Crippen LogP contribution in [0.1, 0.15) is 42.8 Å². The Morgan fingerprint density at radius 3 is 2.83 bits per heavy atom. The normalized spacial score (nSPS) is 16.4. The summed E-state index contributed by atoms with van der Waals surface area (Å²) in [4.78, 5) is 33.2. The second-order valence-corrected chi connectivity index (χ2v) is 8.18. The van der Waals surface area contributed by atoms with Crippen molar-refractivity contribution >= 4 is 22.6 Å². The molecule has 1 amide bonds. The van der Waals surface area contributed by atoms with Crippen LogP contribution in [0.5, 0.6) is 0 Å². The van der Waals surface area contributed by atoms with Crippen molar-refractivity contribution in [2.45, 2.75) is 58.5 Å². The van der Waals surface area contributed by atoms with E-state index in [0.29, 0.717) is 11.0 Å². The lowest BCUT2D eigenvalue weighted by atomic mass is 10.0. The van der Waals surface area contributed by atoms with Gasteiger partial charge in [0.15, 0.2) is 0 Å². The van der Waals surface area contributed by atoms with Gasteiger partial charge in [0, 0.05) is 30.9 Å². The van der Waals surface area contributed by atoms with E-state index in [1.54, 1.807) is 0 Å². The number of hydrogen-bond donors (Lipinski definition) is 0. The van der Waals surface area contributed by atoms with E-state index in [1.165, 1.54) is 5.56 Å². The number of aryl methyl sites for hydroxylation is 3. The van der Waals surface area contributed by atoms with Crippen LogP contribution in [0.3, 0.4) is 0 Å². The Morgan fingerprint density at radius 1 is 1.07 bits per heavy atom. The number of amides is 1. The number of nitrogens with zero attached hydrogens (tertiary/aromatic N) is 4. The molecule has 29 heavy (non-hydrogen) atoms. The first-order valence-electron chi connectivity index (χ1n) is 10.6. The van der Waals surface area contributed by atoms with Crippen LogP contribution in [-0.4, -0.2) is 26.6 Å². The molecule has 0 radical (unpaired) electrons. The number of benzene rings is 1. The van der Waals surface area contributed by atoms with Crippen molar-refractivity contribution in [1.82, 2.24) is 14.1 Å². The molecule has 0 saturated carbocycles. The van der Waals surface area contributed by atoms with E-state index in [0.717, 1.165) is 68.8 Å². The number of carbonyl (C=O) groups excluding carboxylic acids is 1. The maximum absolute atomic E-state index is 13.3. The molecule has 6 nitrogen and oxygen atoms in total. The van der Waals surface area contributed by atoms with Crippen LogP contribution >= 0.6 is 0 Å². The van der Waals surface area contributed by atoms with Gasteiger partial charge in [-0.25, -0.2) is 4.98 Å². The lowest BCUT2D eigenvalue weighted by molar-refractivity contribution is -0.119. The van der Waals surface area contributed by atoms with Crippen molar-refractivity contribution in [1.29, 1.82) is 0 Å². The van der Waals surface area contributed by atoms with Gasteiger partial charge in [0.2, 0.25) is 5.91 Å². The van der Waals surface area contributed by atoms with E-state index in [-0.39, 0.29) is 18.0 Å². The Balaban J connectivity index is 1.54. The topological polar surface area (TPSA) is 60.1 Å². The fourth-order valence-corrected chi connectivity index (χ4v) is 4.78. The monoisotopic (exact) mass is 390 g/mol. The molecule has 2 aromatic heterocycles. The number of carbonyl (C=O) groups is 1. The molecule has 0 fully saturated rings. The molecular weight excluding hydrogens is 364 g/mol. The highest BCUT2D eigenvalue weighted by Crippen LogP contribution is 2.27. The van der Waals surface area contributed by atoms with Crippen molar-refractivity contribution in [3.63, 3.8) is 0 Å². The third kappa shape index (κ3) is 3.07. The molecule has 0 N–H and O–H groups in total. The molecule has 2 aliphatic rings. The highest BCUT2D eigenvalue weighted by atomic mass is 16.2. The van der Waals surface area contributed by atoms with Crippen molar-refractivity contribution in [3.8, 4) is 0 Å². The first-order chi connectivity index (χ1) is 14.1. The minimum atomic E-state index is -0.00755. The highest BCUT2D eigenvalue weighted by molar-refractivity contribution is 5.95. The third-order valence-corrected chi connectivity index (χ3v) is 6.28. The van der Waals surface area contributed by atoms with Crippen molar-refractivity contribution in [2.75, 3.05) is 11.4 Å². The second kappa shape index (κ2) is 7.17. The summed E-state index contributed by atoms with van der Waals surface area (Å²) in [7, 11) is 0. The lowest BCUT2D eigenvalue weighted by Gasteiger charge is -2.29. The number of hydrogen-bond acceptors (Lipinski definition) is 3. The Labute approximate surface area is 169 Å². The fourth-order valence-electron chi connectivity index (χ4n) is 4.78. The minimum Gasteiger partial charge on any atom is -0.330 e. The zero-order valence-electron chi connectivity index (χ0n) is 16.9. The van der Waals surface area contributed by atoms with Gasteiger partial charge in [-0.05, 0) is 50.3 Å². The molecule has 1 aromatic carbocycles. The minimum absolute atomic E-state index is 0.00755. The fraction of sp³-hybridized carbons (Fsp3) is 0.435. The van der Waals surface area contributed by atoms with Crippen molar-refractivity contribution < 1.29 is 4.79 Å². The van der Waals surface area contributed by atoms with Crippen LogP contribution in [0.4, 0.5) is 5.69 Å². The van der Waals surface area contributed by atoms with Gasteiger partial charge in [0.25, 0.3) is 5.56 Å². The molecule has 6 heteroatoms. The SMILES string of the molecule is Cc1cc2nc3n(c(=O)c2n1CC(=O)N1CCCc2ccccc21)CCCCC3. The maximum atomic E-state index is 13.3. The van der Waals surface area contributed by atoms with Gasteiger partial charge >= 0.3 is 0 Å². The Kier molecular flexibility index (Phi) is 4.49. The van der Waals surface area contributed by atoms with E-state index in [4.69, 9.17) is 4.98 Å². The summed E-state index contributed by atoms with van der Waals surface area (Å²) in [5.41, 5.74) is 4.39. The highest BCUT2D eigenvalue weighted by Gasteiger charge is 2.25. The Bertz CT molecular complexity index is 1160. The molecule has 0 saturated heterocycles. The number of para-hydroxylation sites is 1. The standard InChI is InChI=1S/C23H26N4O2/c1-16-14-18-22(23(29)26-12-6-2-3-11-20(26)24-18)27(16)15-21(28)25-13-7-9-17-8-4-5-10-19(17)25/h4-5,8,10,14H,2-3,6-7,9,11-13,15H2,1H3. The third-order valence-electron chi connectivity index (χ3n) is 6.28. The van der Waals surface area contributed by atoms with Gasteiger partial charge in [-0.15, -0.1) is 0 Å². The van der Waals surface area contributed by atoms with E-state index in [1.807, 2.05) is 45.2 Å². The van der Waals surface area contributed by atoms with Crippen LogP contribution < -0.4 is 10.5 Å². The van der Waals surface area contributed by atoms with Crippen LogP contribution in [0.25, 0.3) is 11.0 Å². The molecule has 150 valence electrons. The number of anilines is 1. The number of fused-ring (bicyclic) bond motifs is 3. The smallest absolute Gasteiger partial charge is 0.278 e. The van der Waals surface area contributed by atoms with Gasteiger partial charge < -0.3 is 9.47 Å². The molecule has 4 heterocycles. The lowest BCUT2D eigenvalue weighted by Crippen LogP contribution is -2.38. The van der Waals surface area contributed by atoms with Gasteiger partial charge in [-0.2, -0.15) is 0 Å². The number of rotatable bonds is 2. The average molecular weight is 390 g/mol. The first kappa shape index (κ1) is 18.2. The van der Waals surface area contributed by atoms with Crippen LogP contribution in [0.2, 0.25) is 0 Å². The summed E-state index contributed by atoms with van der Waals surface area (Å²) in [6.45, 7) is 3.56. The molecule has 0 unspecified atom stereocenters. The summed E-state index contributed by atoms with van der Waals surface area (Å²) >= 11 is 0. The molecule has 2 aliphatic heterocycles. The van der Waals surface area contributed by atoms with E-state index >= 15 is 0 Å². The maximum Gasteiger partial charge on any atom is 0.278 e. The zero-order valence-corrected chi connectivity index (χ0v) is 16.9. The molecule has 0 aliphatic carbocycles. The zero-order chi connectivity index (χ0) is 20.0. The van der Waals surface area contributed by atoms with E-state index in [2.05, 4.69) is 6.07 Å². The van der Waals surface area contributed by atoms with Crippen LogP contribution in [-0.2, 0) is 30.7 Å². The summed E-state index contributed by atoms with van der Waals surface area (Å²) in [5.74, 6) is 0.908. The van der Waals surface area contributed by atoms with Crippen LogP contribution in [0, 0.1) is 6.92 Å². The molecule has 0 bridgehead atoms. The van der Waals surface area contributed by atoms with Gasteiger partial charge in [0.05, 0.1) is 5.52 Å². The van der Waals surface area contributed by atoms with Crippen molar-refractivity contribution in [2.24, 2.45) is 0 Å². The predicted octanol–water partition coefficient (Wildman–Crippen LogP) is 3.21. The molecule has 0 atom stereocenters. The summed E-state index contributed by atoms with van der Waals surface area (Å²) in [6, 6.07) is 10.1. The predicted molar refractivity (Wildman–Crippen MR) is 113 cm³/mol. The Hall–Kier alpha value is -2.89. The van der Waals surface area contributed by atoms with Gasteiger partial charge in [-0.1, -0.05) is 24.6 Å². The van der Waals surface area contributed by atoms with Crippen LogP contribution in [0.15, 0.2) is 35.1 Å². The quantitative estimate of drug-likeness (QED) is 0.675. The molecule has 0 spiro atoms. The largest absolute Gasteiger partial charge is 0.330 e. The summed E-state index contributed by atoms with van der Waals surface area (Å²) < 4.78 is 3.69. The summed E-state index contributed by atoms with van der Waals surface area (Å²) in [6.07, 6.45) is 6.01. The summed E-state index contributed by atoms with van der Waals surface area (Å²) in [5, 5.41) is 0. The van der Waals surface area contributed by atoms with Gasteiger partial charge in [0.1, 0.15) is 17.9 Å². The van der Waals surface area contributed by atoms with E-state index in [9.17, 15) is 9.59 Å². The first-order valence-corrected chi connectivity index (χ1v) is 10.6. The molecular formula is C23H26N4O2. The Morgan fingerprint density at radius 2 is 1.93 bits per heavy atom. The van der Waals surface area contributed by atoms with Crippen molar-refractivity contribution in [3.05, 3.63) is 57.8 Å². The second-order valence-electron chi connectivity index (χ2n) is 8.18. The molecule has 3 aromatic rings. The average Bonchev–Trinajstić information content (AvgIpc) is 2.89. The van der Waals surface area contributed by atoms with Gasteiger partial charge in [-0.3, -0.25) is 14.2 Å². The molecule has 5 rings (SSSR count).